The lowest BCUT2D eigenvalue weighted by atomic mass is 9.81. The second kappa shape index (κ2) is 8.21. The number of ether oxygens (including phenoxy) is 1. The lowest BCUT2D eigenvalue weighted by Crippen LogP contribution is -2.40. The van der Waals surface area contributed by atoms with Crippen LogP contribution in [0.25, 0.3) is 11.3 Å². The Kier molecular flexibility index (Phi) is 6.28. The number of hydrogen-bond donors (Lipinski definition) is 1. The van der Waals surface area contributed by atoms with Gasteiger partial charge in [-0.15, -0.1) is 11.3 Å². The van der Waals surface area contributed by atoms with Crippen molar-refractivity contribution in [3.63, 3.8) is 0 Å². The fourth-order valence-electron chi connectivity index (χ4n) is 2.63. The number of rotatable bonds is 3. The third-order valence-electron chi connectivity index (χ3n) is 4.11. The summed E-state index contributed by atoms with van der Waals surface area (Å²) in [6.45, 7) is 6.11. The third-order valence-corrected chi connectivity index (χ3v) is 5.20. The Balaban J connectivity index is 0.000000924. The summed E-state index contributed by atoms with van der Waals surface area (Å²) in [5.41, 5.74) is 8.66. The van der Waals surface area contributed by atoms with E-state index in [1.165, 1.54) is 0 Å². The number of nitrogens with zero attached hydrogens (tertiary/aromatic N) is 2. The van der Waals surface area contributed by atoms with Crippen LogP contribution in [0.5, 0.6) is 0 Å². The van der Waals surface area contributed by atoms with E-state index in [4.69, 9.17) is 20.7 Å². The van der Waals surface area contributed by atoms with Gasteiger partial charge in [0.1, 0.15) is 5.01 Å². The van der Waals surface area contributed by atoms with Crippen molar-refractivity contribution in [3.05, 3.63) is 40.2 Å². The summed E-state index contributed by atoms with van der Waals surface area (Å²) in [5, 5.41) is 12.0. The predicted octanol–water partition coefficient (Wildman–Crippen LogP) is 3.71. The molecule has 0 radical (unpaired) electrons. The van der Waals surface area contributed by atoms with E-state index in [9.17, 15) is 0 Å². The summed E-state index contributed by atoms with van der Waals surface area (Å²) in [6.07, 6.45) is 1.87. The lowest BCUT2D eigenvalue weighted by molar-refractivity contribution is 0.0529. The van der Waals surface area contributed by atoms with Crippen LogP contribution in [0.1, 0.15) is 37.3 Å². The van der Waals surface area contributed by atoms with Crippen molar-refractivity contribution in [1.82, 2.24) is 4.98 Å². The smallest absolute Gasteiger partial charge is 0.101 e. The van der Waals surface area contributed by atoms with Crippen LogP contribution in [-0.2, 0) is 10.2 Å². The number of nitrogens with two attached hydrogens (primary N) is 1. The normalized spacial score (nSPS) is 16.1. The first-order chi connectivity index (χ1) is 11.3. The van der Waals surface area contributed by atoms with Gasteiger partial charge in [0.2, 0.25) is 0 Å². The fraction of sp³-hybridized carbons (Fsp3) is 0.444. The summed E-state index contributed by atoms with van der Waals surface area (Å²) < 4.78 is 5.46. The molecule has 0 amide bonds. The molecule has 1 aliphatic heterocycles. The van der Waals surface area contributed by atoms with Gasteiger partial charge >= 0.3 is 0 Å². The Labute approximate surface area is 141 Å². The van der Waals surface area contributed by atoms with E-state index in [1.807, 2.05) is 38.1 Å². The number of benzene rings is 1. The molecule has 0 atom stereocenters. The molecule has 0 bridgehead atoms. The molecule has 1 aliphatic rings. The van der Waals surface area contributed by atoms with Crippen molar-refractivity contribution in [1.29, 1.82) is 5.26 Å². The van der Waals surface area contributed by atoms with Crippen molar-refractivity contribution in [2.75, 3.05) is 19.8 Å². The number of aromatic nitrogens is 1. The lowest BCUT2D eigenvalue weighted by Gasteiger charge is -2.34. The highest BCUT2D eigenvalue weighted by atomic mass is 32.1. The van der Waals surface area contributed by atoms with E-state index in [2.05, 4.69) is 11.4 Å². The van der Waals surface area contributed by atoms with Crippen LogP contribution in [0.15, 0.2) is 29.6 Å². The van der Waals surface area contributed by atoms with E-state index in [1.54, 1.807) is 11.3 Å². The zero-order valence-corrected chi connectivity index (χ0v) is 14.5. The van der Waals surface area contributed by atoms with Crippen molar-refractivity contribution in [2.24, 2.45) is 5.73 Å². The zero-order valence-electron chi connectivity index (χ0n) is 13.7. The Morgan fingerprint density at radius 2 is 1.91 bits per heavy atom. The largest absolute Gasteiger partial charge is 0.381 e. The van der Waals surface area contributed by atoms with Crippen LogP contribution in [0.3, 0.4) is 0 Å². The topological polar surface area (TPSA) is 71.9 Å². The van der Waals surface area contributed by atoms with E-state index >= 15 is 0 Å². The van der Waals surface area contributed by atoms with Gasteiger partial charge < -0.3 is 10.5 Å². The maximum atomic E-state index is 8.85. The maximum Gasteiger partial charge on any atom is 0.101 e. The first-order valence-corrected chi connectivity index (χ1v) is 8.90. The Morgan fingerprint density at radius 3 is 2.48 bits per heavy atom. The molecular weight excluding hydrogens is 306 g/mol. The molecule has 23 heavy (non-hydrogen) atoms. The highest BCUT2D eigenvalue weighted by Gasteiger charge is 2.35. The average molecular weight is 329 g/mol. The highest BCUT2D eigenvalue weighted by Crippen LogP contribution is 2.37. The van der Waals surface area contributed by atoms with Crippen molar-refractivity contribution < 1.29 is 4.74 Å². The second-order valence-electron chi connectivity index (χ2n) is 5.32. The Bertz CT molecular complexity index is 652. The van der Waals surface area contributed by atoms with E-state index in [0.29, 0.717) is 12.1 Å². The standard InChI is InChI=1S/C16H17N3OS.C2H6/c17-9-12-1-3-13(4-2-12)14-10-21-15(19-14)16(11-18)5-7-20-8-6-16;1-2/h1-4,10H,5-8,11,18H2;1-2H3. The quantitative estimate of drug-likeness (QED) is 0.931. The zero-order chi connectivity index (χ0) is 16.7. The minimum Gasteiger partial charge on any atom is -0.381 e. The summed E-state index contributed by atoms with van der Waals surface area (Å²) in [6, 6.07) is 9.65. The van der Waals surface area contributed by atoms with Crippen molar-refractivity contribution in [2.45, 2.75) is 32.1 Å². The first-order valence-electron chi connectivity index (χ1n) is 8.02. The van der Waals surface area contributed by atoms with Gasteiger partial charge in [-0.2, -0.15) is 5.26 Å². The third kappa shape index (κ3) is 3.78. The Hall–Kier alpha value is -1.74. The van der Waals surface area contributed by atoms with Gasteiger partial charge in [0, 0.05) is 36.1 Å². The fourth-order valence-corrected chi connectivity index (χ4v) is 3.73. The molecule has 0 aliphatic carbocycles. The van der Waals surface area contributed by atoms with E-state index in [-0.39, 0.29) is 5.41 Å². The molecule has 1 aromatic heterocycles. The Morgan fingerprint density at radius 1 is 1.26 bits per heavy atom. The molecule has 3 rings (SSSR count). The van der Waals surface area contributed by atoms with Gasteiger partial charge in [-0.25, -0.2) is 4.98 Å². The summed E-state index contributed by atoms with van der Waals surface area (Å²) >= 11 is 1.67. The second-order valence-corrected chi connectivity index (χ2v) is 6.18. The molecule has 122 valence electrons. The summed E-state index contributed by atoms with van der Waals surface area (Å²) in [5.74, 6) is 0. The van der Waals surface area contributed by atoms with Crippen molar-refractivity contribution in [3.8, 4) is 17.3 Å². The number of hydrogen-bond acceptors (Lipinski definition) is 5. The molecule has 0 saturated carbocycles. The molecule has 1 fully saturated rings. The van der Waals surface area contributed by atoms with Gasteiger partial charge in [-0.3, -0.25) is 0 Å². The monoisotopic (exact) mass is 329 g/mol. The van der Waals surface area contributed by atoms with Crippen LogP contribution in [0.2, 0.25) is 0 Å². The van der Waals surface area contributed by atoms with Gasteiger partial charge in [0.25, 0.3) is 0 Å². The summed E-state index contributed by atoms with van der Waals surface area (Å²) in [4.78, 5) is 4.80. The highest BCUT2D eigenvalue weighted by molar-refractivity contribution is 7.10. The SMILES string of the molecule is CC.N#Cc1ccc(-c2csc(C3(CN)CCOCC3)n2)cc1. The number of thiazole rings is 1. The van der Waals surface area contributed by atoms with E-state index in [0.717, 1.165) is 42.3 Å². The minimum atomic E-state index is -0.0340. The first kappa shape index (κ1) is 17.6. The molecule has 2 N–H and O–H groups in total. The molecule has 5 heteroatoms. The van der Waals surface area contributed by atoms with Crippen LogP contribution in [0.4, 0.5) is 0 Å². The van der Waals surface area contributed by atoms with Crippen LogP contribution < -0.4 is 5.73 Å². The molecule has 1 aromatic carbocycles. The van der Waals surface area contributed by atoms with Crippen molar-refractivity contribution >= 4 is 11.3 Å². The summed E-state index contributed by atoms with van der Waals surface area (Å²) in [7, 11) is 0. The van der Waals surface area contributed by atoms with Crippen LogP contribution >= 0.6 is 11.3 Å². The molecule has 1 saturated heterocycles. The van der Waals surface area contributed by atoms with Gasteiger partial charge in [0.15, 0.2) is 0 Å². The van der Waals surface area contributed by atoms with Crippen LogP contribution in [0, 0.1) is 11.3 Å². The van der Waals surface area contributed by atoms with Gasteiger partial charge in [-0.1, -0.05) is 26.0 Å². The molecule has 0 unspecified atom stereocenters. The van der Waals surface area contributed by atoms with Gasteiger partial charge in [0.05, 0.1) is 17.3 Å². The molecule has 2 aromatic rings. The molecule has 0 spiro atoms. The maximum absolute atomic E-state index is 8.85. The molecule has 4 nitrogen and oxygen atoms in total. The van der Waals surface area contributed by atoms with Crippen LogP contribution in [-0.4, -0.2) is 24.7 Å². The average Bonchev–Trinajstić information content (AvgIpc) is 3.15. The minimum absolute atomic E-state index is 0.0340. The van der Waals surface area contributed by atoms with E-state index < -0.39 is 0 Å². The molecule has 2 heterocycles. The van der Waals surface area contributed by atoms with Gasteiger partial charge in [-0.05, 0) is 25.0 Å². The predicted molar refractivity (Wildman–Crippen MR) is 94.4 cm³/mol. The molecular formula is C18H23N3OS. The number of nitriles is 1.